The van der Waals surface area contributed by atoms with Crippen LogP contribution in [0.3, 0.4) is 0 Å². The van der Waals surface area contributed by atoms with Gasteiger partial charge in [0.25, 0.3) is 0 Å². The third-order valence-corrected chi connectivity index (χ3v) is 8.28. The quantitative estimate of drug-likeness (QED) is 0.198. The maximum atomic E-state index is 9.29. The molecule has 9 aromatic rings. The van der Waals surface area contributed by atoms with Crippen LogP contribution >= 0.6 is 0 Å². The van der Waals surface area contributed by atoms with Crippen LogP contribution in [0.15, 0.2) is 162 Å². The van der Waals surface area contributed by atoms with E-state index in [1.54, 1.807) is 12.1 Å². The zero-order chi connectivity index (χ0) is 35.3. The maximum Gasteiger partial charge on any atom is 0.135 e. The van der Waals surface area contributed by atoms with Gasteiger partial charge in [-0.15, -0.1) is 0 Å². The normalized spacial score (nSPS) is 14.3. The van der Waals surface area contributed by atoms with Crippen LogP contribution < -0.4 is 0 Å². The Hall–Kier alpha value is -5.66. The predicted octanol–water partition coefficient (Wildman–Crippen LogP) is 12.0. The van der Waals surface area contributed by atoms with E-state index in [2.05, 4.69) is 6.07 Å². The summed E-state index contributed by atoms with van der Waals surface area (Å²) in [4.78, 5) is 0. The van der Waals surface area contributed by atoms with E-state index in [1.165, 1.54) is 0 Å². The molecular weight excluding hydrogens is 520 g/mol. The zero-order valence-corrected chi connectivity index (χ0v) is 22.8. The SMILES string of the molecule is [2H]c1c([2H])c([2H])c2c(-c3ccc4oc5ccc(-c6ccccc6)cc5c4c3)c3c([2H])c([2H])c([2H])c([2H])c3c(-c3ccc4ccccc4c3)c2c1[2H]. The standard InChI is InChI=1S/C42H26O/c1-2-10-27(11-3-1)30-20-22-39-37(25-30)38-26-32(21-23-40(38)43-39)42-35-16-8-6-14-33(35)41(34-15-7-9-17-36(34)42)31-19-18-28-12-4-5-13-29(28)24-31/h1-26H/i6D,7D,8D,9D,14D,15D,16D,17D. The molecule has 0 aliphatic heterocycles. The molecule has 0 fully saturated rings. The fourth-order valence-electron chi connectivity index (χ4n) is 6.29. The van der Waals surface area contributed by atoms with E-state index in [0.29, 0.717) is 33.4 Å². The lowest BCUT2D eigenvalue weighted by Crippen LogP contribution is -1.91. The van der Waals surface area contributed by atoms with Crippen molar-refractivity contribution in [3.8, 4) is 33.4 Å². The minimum atomic E-state index is -0.430. The van der Waals surface area contributed by atoms with Crippen LogP contribution in [-0.4, -0.2) is 0 Å². The highest BCUT2D eigenvalue weighted by Crippen LogP contribution is 2.45. The zero-order valence-electron chi connectivity index (χ0n) is 30.8. The van der Waals surface area contributed by atoms with Gasteiger partial charge in [0.15, 0.2) is 0 Å². The van der Waals surface area contributed by atoms with Gasteiger partial charge in [-0.25, -0.2) is 0 Å². The average molecular weight is 555 g/mol. The Bertz CT molecular complexity index is 2870. The first kappa shape index (κ1) is 17.3. The summed E-state index contributed by atoms with van der Waals surface area (Å²) >= 11 is 0. The highest BCUT2D eigenvalue weighted by Gasteiger charge is 2.18. The van der Waals surface area contributed by atoms with Gasteiger partial charge >= 0.3 is 0 Å². The fourth-order valence-corrected chi connectivity index (χ4v) is 6.29. The molecule has 43 heavy (non-hydrogen) atoms. The van der Waals surface area contributed by atoms with Gasteiger partial charge in [-0.3, -0.25) is 0 Å². The molecule has 0 radical (unpaired) electrons. The minimum Gasteiger partial charge on any atom is -0.456 e. The summed E-state index contributed by atoms with van der Waals surface area (Å²) in [6.45, 7) is 0. The number of hydrogen-bond acceptors (Lipinski definition) is 1. The van der Waals surface area contributed by atoms with Crippen molar-refractivity contribution in [3.05, 3.63) is 158 Å². The lowest BCUT2D eigenvalue weighted by Gasteiger charge is -2.18. The molecule has 9 rings (SSSR count). The summed E-state index contributed by atoms with van der Waals surface area (Å²) in [5.41, 5.74) is 5.07. The molecule has 0 atom stereocenters. The molecule has 1 heterocycles. The highest BCUT2D eigenvalue weighted by atomic mass is 16.3. The summed E-state index contributed by atoms with van der Waals surface area (Å²) < 4.78 is 78.3. The molecular formula is C42H26O. The molecule has 200 valence electrons. The Kier molecular flexibility index (Phi) is 3.80. The molecule has 0 saturated heterocycles. The molecule has 0 aliphatic rings. The minimum absolute atomic E-state index is 0.179. The van der Waals surface area contributed by atoms with Gasteiger partial charge in [0, 0.05) is 10.8 Å². The van der Waals surface area contributed by atoms with Gasteiger partial charge in [-0.2, -0.15) is 0 Å². The molecule has 0 bridgehead atoms. The number of rotatable bonds is 3. The van der Waals surface area contributed by atoms with Crippen LogP contribution in [0.25, 0.3) is 87.6 Å². The van der Waals surface area contributed by atoms with Gasteiger partial charge in [0.2, 0.25) is 0 Å². The van der Waals surface area contributed by atoms with E-state index in [-0.39, 0.29) is 45.7 Å². The van der Waals surface area contributed by atoms with Crippen molar-refractivity contribution in [2.45, 2.75) is 0 Å². The molecule has 0 N–H and O–H groups in total. The Labute approximate surface area is 260 Å². The van der Waals surface area contributed by atoms with Crippen molar-refractivity contribution < 1.29 is 15.4 Å². The lowest BCUT2D eigenvalue weighted by molar-refractivity contribution is 0.669. The molecule has 1 heteroatoms. The summed E-state index contributed by atoms with van der Waals surface area (Å²) in [5.74, 6) is 0. The second kappa shape index (κ2) is 9.44. The molecule has 8 aromatic carbocycles. The molecule has 0 spiro atoms. The second-order valence-corrected chi connectivity index (χ2v) is 10.7. The van der Waals surface area contributed by atoms with Crippen molar-refractivity contribution in [2.75, 3.05) is 0 Å². The van der Waals surface area contributed by atoms with Gasteiger partial charge < -0.3 is 4.42 Å². The molecule has 1 nitrogen and oxygen atoms in total. The summed E-state index contributed by atoms with van der Waals surface area (Å²) in [5, 5.41) is 4.19. The first-order valence-electron chi connectivity index (χ1n) is 18.1. The topological polar surface area (TPSA) is 13.1 Å². The van der Waals surface area contributed by atoms with E-state index in [1.807, 2.05) is 91.0 Å². The van der Waals surface area contributed by atoms with Crippen LogP contribution in [-0.2, 0) is 0 Å². The van der Waals surface area contributed by atoms with Crippen molar-refractivity contribution in [2.24, 2.45) is 0 Å². The third kappa shape index (κ3) is 3.79. The molecule has 0 aliphatic carbocycles. The smallest absolute Gasteiger partial charge is 0.135 e. The average Bonchev–Trinajstić information content (AvgIpc) is 3.53. The van der Waals surface area contributed by atoms with E-state index >= 15 is 0 Å². The van der Waals surface area contributed by atoms with Crippen LogP contribution in [0, 0.1) is 0 Å². The first-order valence-corrected chi connectivity index (χ1v) is 14.1. The van der Waals surface area contributed by atoms with Crippen molar-refractivity contribution >= 4 is 54.3 Å². The van der Waals surface area contributed by atoms with Crippen molar-refractivity contribution in [3.63, 3.8) is 0 Å². The summed E-state index contributed by atoms with van der Waals surface area (Å²) in [6, 6.07) is 32.0. The third-order valence-electron chi connectivity index (χ3n) is 8.28. The first-order chi connectivity index (χ1) is 24.6. The Morgan fingerprint density at radius 2 is 0.860 bits per heavy atom. The maximum absolute atomic E-state index is 9.29. The number of fused-ring (bicyclic) bond motifs is 6. The molecule has 0 amide bonds. The van der Waals surface area contributed by atoms with Crippen LogP contribution in [0.2, 0.25) is 0 Å². The number of furan rings is 1. The molecule has 0 saturated carbocycles. The fraction of sp³-hybridized carbons (Fsp3) is 0. The highest BCUT2D eigenvalue weighted by molar-refractivity contribution is 6.22. The molecule has 1 aromatic heterocycles. The summed E-state index contributed by atoms with van der Waals surface area (Å²) in [7, 11) is 0. The van der Waals surface area contributed by atoms with Crippen LogP contribution in [0.5, 0.6) is 0 Å². The van der Waals surface area contributed by atoms with Gasteiger partial charge in [-0.1, -0.05) is 127 Å². The Balaban J connectivity index is 1.47. The second-order valence-electron chi connectivity index (χ2n) is 10.7. The monoisotopic (exact) mass is 554 g/mol. The van der Waals surface area contributed by atoms with E-state index in [4.69, 9.17) is 9.90 Å². The van der Waals surface area contributed by atoms with Crippen LogP contribution in [0.4, 0.5) is 0 Å². The van der Waals surface area contributed by atoms with E-state index in [0.717, 1.165) is 32.7 Å². The van der Waals surface area contributed by atoms with Gasteiger partial charge in [0.05, 0.1) is 11.0 Å². The van der Waals surface area contributed by atoms with Gasteiger partial charge in [0.1, 0.15) is 11.2 Å². The molecule has 0 unspecified atom stereocenters. The van der Waals surface area contributed by atoms with Crippen LogP contribution in [0.1, 0.15) is 11.0 Å². The largest absolute Gasteiger partial charge is 0.456 e. The van der Waals surface area contributed by atoms with E-state index in [9.17, 15) is 5.48 Å². The number of benzene rings is 8. The van der Waals surface area contributed by atoms with E-state index < -0.39 is 24.2 Å². The Morgan fingerprint density at radius 3 is 1.49 bits per heavy atom. The van der Waals surface area contributed by atoms with Crippen molar-refractivity contribution in [1.82, 2.24) is 0 Å². The lowest BCUT2D eigenvalue weighted by atomic mass is 9.85. The summed E-state index contributed by atoms with van der Waals surface area (Å²) in [6.07, 6.45) is 0. The van der Waals surface area contributed by atoms with Crippen molar-refractivity contribution in [1.29, 1.82) is 0 Å². The predicted molar refractivity (Wildman–Crippen MR) is 183 cm³/mol. The number of hydrogen-bond donors (Lipinski definition) is 0. The van der Waals surface area contributed by atoms with Gasteiger partial charge in [-0.05, 0) is 96.0 Å². The Morgan fingerprint density at radius 1 is 0.372 bits per heavy atom.